The monoisotopic (exact) mass is 368 g/mol. The zero-order valence-electron chi connectivity index (χ0n) is 15.3. The van der Waals surface area contributed by atoms with Gasteiger partial charge in [-0.05, 0) is 54.3 Å². The molecule has 2 aromatic rings. The third-order valence-electron chi connectivity index (χ3n) is 5.80. The number of thiophene rings is 1. The molecule has 1 aliphatic carbocycles. The molecule has 1 amide bonds. The van der Waals surface area contributed by atoms with Crippen LogP contribution >= 0.6 is 11.3 Å². The van der Waals surface area contributed by atoms with Crippen LogP contribution in [0.25, 0.3) is 10.4 Å². The number of rotatable bonds is 5. The predicted molar refractivity (Wildman–Crippen MR) is 108 cm³/mol. The molecule has 0 unspecified atom stereocenters. The molecule has 1 aromatic carbocycles. The maximum Gasteiger partial charge on any atom is 0.223 e. The summed E-state index contributed by atoms with van der Waals surface area (Å²) in [6.07, 6.45) is 6.77. The van der Waals surface area contributed by atoms with E-state index in [1.54, 1.807) is 11.3 Å². The number of hydrogen-bond acceptors (Lipinski definition) is 3. The van der Waals surface area contributed by atoms with Crippen molar-refractivity contribution in [3.63, 3.8) is 0 Å². The van der Waals surface area contributed by atoms with Gasteiger partial charge in [0.25, 0.3) is 0 Å². The quantitative estimate of drug-likeness (QED) is 0.831. The van der Waals surface area contributed by atoms with Crippen LogP contribution in [0.1, 0.15) is 44.1 Å². The molecular weight excluding hydrogens is 340 g/mol. The maximum absolute atomic E-state index is 12.3. The summed E-state index contributed by atoms with van der Waals surface area (Å²) in [4.78, 5) is 16.2. The van der Waals surface area contributed by atoms with Crippen LogP contribution in [0.5, 0.6) is 0 Å². The highest BCUT2D eigenvalue weighted by atomic mass is 32.1. The number of carbonyl (C=O) groups excluding carboxylic acids is 1. The Bertz CT molecular complexity index is 714. The van der Waals surface area contributed by atoms with Crippen LogP contribution in [0, 0.1) is 5.92 Å². The first kappa shape index (κ1) is 17.7. The molecule has 3 nitrogen and oxygen atoms in total. The Morgan fingerprint density at radius 3 is 2.62 bits per heavy atom. The standard InChI is InChI=1S/C22H28N2OS/c25-22(18-6-1-2-7-18)23-20-10-12-24(13-11-20)16-17-5-3-8-19(15-17)21-9-4-14-26-21/h3-5,8-9,14-15,18,20H,1-2,6-7,10-13,16H2,(H,23,25). The molecule has 1 saturated carbocycles. The summed E-state index contributed by atoms with van der Waals surface area (Å²) >= 11 is 1.79. The number of nitrogens with one attached hydrogen (secondary N) is 1. The van der Waals surface area contributed by atoms with E-state index in [0.29, 0.717) is 11.9 Å². The average molecular weight is 369 g/mol. The predicted octanol–water partition coefficient (Wildman–Crippen LogP) is 4.69. The van der Waals surface area contributed by atoms with E-state index < -0.39 is 0 Å². The molecular formula is C22H28N2OS. The number of carbonyl (C=O) groups is 1. The summed E-state index contributed by atoms with van der Waals surface area (Å²) in [6.45, 7) is 3.14. The lowest BCUT2D eigenvalue weighted by Crippen LogP contribution is -2.45. The SMILES string of the molecule is O=C(NC1CCN(Cc2cccc(-c3cccs3)c2)CC1)C1CCCC1. The fourth-order valence-corrected chi connectivity index (χ4v) is 4.99. The van der Waals surface area contributed by atoms with Crippen molar-refractivity contribution in [3.8, 4) is 10.4 Å². The van der Waals surface area contributed by atoms with Crippen molar-refractivity contribution in [2.24, 2.45) is 5.92 Å². The van der Waals surface area contributed by atoms with E-state index in [-0.39, 0.29) is 5.92 Å². The van der Waals surface area contributed by atoms with Crippen molar-refractivity contribution in [2.45, 2.75) is 51.1 Å². The Morgan fingerprint density at radius 2 is 1.88 bits per heavy atom. The van der Waals surface area contributed by atoms with Crippen LogP contribution in [0.2, 0.25) is 0 Å². The van der Waals surface area contributed by atoms with Crippen LogP contribution in [-0.2, 0) is 11.3 Å². The number of nitrogens with zero attached hydrogens (tertiary/aromatic N) is 1. The number of likely N-dealkylation sites (tertiary alicyclic amines) is 1. The van der Waals surface area contributed by atoms with Gasteiger partial charge in [0.05, 0.1) is 0 Å². The first-order valence-electron chi connectivity index (χ1n) is 9.93. The molecule has 2 aliphatic rings. The van der Waals surface area contributed by atoms with Gasteiger partial charge in [0, 0.05) is 36.5 Å². The van der Waals surface area contributed by atoms with E-state index >= 15 is 0 Å². The highest BCUT2D eigenvalue weighted by molar-refractivity contribution is 7.13. The smallest absolute Gasteiger partial charge is 0.223 e. The summed E-state index contributed by atoms with van der Waals surface area (Å²) < 4.78 is 0. The molecule has 2 fully saturated rings. The van der Waals surface area contributed by atoms with Gasteiger partial charge in [-0.1, -0.05) is 37.1 Å². The Labute approximate surface area is 160 Å². The highest BCUT2D eigenvalue weighted by Gasteiger charge is 2.26. The van der Waals surface area contributed by atoms with Crippen LogP contribution in [-0.4, -0.2) is 29.9 Å². The third-order valence-corrected chi connectivity index (χ3v) is 6.72. The summed E-state index contributed by atoms with van der Waals surface area (Å²) in [5.74, 6) is 0.595. The molecule has 26 heavy (non-hydrogen) atoms. The number of piperidine rings is 1. The van der Waals surface area contributed by atoms with Gasteiger partial charge in [-0.3, -0.25) is 9.69 Å². The minimum absolute atomic E-state index is 0.285. The topological polar surface area (TPSA) is 32.3 Å². The van der Waals surface area contributed by atoms with Crippen LogP contribution in [0.3, 0.4) is 0 Å². The number of hydrogen-bond donors (Lipinski definition) is 1. The summed E-state index contributed by atoms with van der Waals surface area (Å²) in [5, 5.41) is 5.44. The van der Waals surface area contributed by atoms with E-state index in [0.717, 1.165) is 45.3 Å². The first-order valence-corrected chi connectivity index (χ1v) is 10.8. The number of amides is 1. The Hall–Kier alpha value is -1.65. The Morgan fingerprint density at radius 1 is 1.08 bits per heavy atom. The zero-order valence-corrected chi connectivity index (χ0v) is 16.1. The molecule has 0 spiro atoms. The minimum atomic E-state index is 0.285. The van der Waals surface area contributed by atoms with Crippen molar-refractivity contribution in [3.05, 3.63) is 47.3 Å². The molecule has 1 aromatic heterocycles. The van der Waals surface area contributed by atoms with E-state index in [9.17, 15) is 4.79 Å². The molecule has 1 saturated heterocycles. The molecule has 4 rings (SSSR count). The van der Waals surface area contributed by atoms with E-state index in [2.05, 4.69) is 52.0 Å². The lowest BCUT2D eigenvalue weighted by molar-refractivity contribution is -0.125. The van der Waals surface area contributed by atoms with Gasteiger partial charge >= 0.3 is 0 Å². The molecule has 4 heteroatoms. The van der Waals surface area contributed by atoms with E-state index in [4.69, 9.17) is 0 Å². The Kier molecular flexibility index (Phi) is 5.71. The van der Waals surface area contributed by atoms with Gasteiger partial charge in [-0.2, -0.15) is 0 Å². The van der Waals surface area contributed by atoms with Crippen LogP contribution in [0.15, 0.2) is 41.8 Å². The van der Waals surface area contributed by atoms with Gasteiger partial charge in [-0.25, -0.2) is 0 Å². The lowest BCUT2D eigenvalue weighted by atomic mass is 10.0. The Balaban J connectivity index is 1.27. The molecule has 2 heterocycles. The second-order valence-electron chi connectivity index (χ2n) is 7.72. The van der Waals surface area contributed by atoms with Gasteiger partial charge < -0.3 is 5.32 Å². The van der Waals surface area contributed by atoms with Crippen molar-refractivity contribution >= 4 is 17.2 Å². The number of benzene rings is 1. The molecule has 138 valence electrons. The van der Waals surface area contributed by atoms with E-state index in [1.807, 2.05) is 0 Å². The van der Waals surface area contributed by atoms with Gasteiger partial charge in [0.2, 0.25) is 5.91 Å². The lowest BCUT2D eigenvalue weighted by Gasteiger charge is -2.33. The van der Waals surface area contributed by atoms with Gasteiger partial charge in [-0.15, -0.1) is 11.3 Å². The summed E-state index contributed by atoms with van der Waals surface area (Å²) in [7, 11) is 0. The molecule has 1 N–H and O–H groups in total. The first-order chi connectivity index (χ1) is 12.8. The van der Waals surface area contributed by atoms with Crippen molar-refractivity contribution in [1.82, 2.24) is 10.2 Å². The largest absolute Gasteiger partial charge is 0.353 e. The average Bonchev–Trinajstić information content (AvgIpc) is 3.38. The molecule has 1 aliphatic heterocycles. The third kappa shape index (κ3) is 4.36. The molecule has 0 radical (unpaired) electrons. The van der Waals surface area contributed by atoms with Crippen molar-refractivity contribution in [2.75, 3.05) is 13.1 Å². The fourth-order valence-electron chi connectivity index (χ4n) is 4.27. The molecule has 0 atom stereocenters. The summed E-state index contributed by atoms with van der Waals surface area (Å²) in [6, 6.07) is 13.6. The highest BCUT2D eigenvalue weighted by Crippen LogP contribution is 2.27. The van der Waals surface area contributed by atoms with E-state index in [1.165, 1.54) is 28.8 Å². The van der Waals surface area contributed by atoms with Crippen molar-refractivity contribution < 1.29 is 4.79 Å². The molecule has 0 bridgehead atoms. The fraction of sp³-hybridized carbons (Fsp3) is 0.500. The van der Waals surface area contributed by atoms with Crippen LogP contribution < -0.4 is 5.32 Å². The van der Waals surface area contributed by atoms with Crippen LogP contribution in [0.4, 0.5) is 0 Å². The van der Waals surface area contributed by atoms with Gasteiger partial charge in [0.1, 0.15) is 0 Å². The summed E-state index contributed by atoms with van der Waals surface area (Å²) in [5.41, 5.74) is 2.69. The second kappa shape index (κ2) is 8.36. The normalized spacial score (nSPS) is 19.7. The zero-order chi connectivity index (χ0) is 17.8. The second-order valence-corrected chi connectivity index (χ2v) is 8.67. The minimum Gasteiger partial charge on any atom is -0.353 e. The van der Waals surface area contributed by atoms with Crippen molar-refractivity contribution in [1.29, 1.82) is 0 Å². The van der Waals surface area contributed by atoms with Gasteiger partial charge in [0.15, 0.2) is 0 Å². The maximum atomic E-state index is 12.3.